The first-order valence-corrected chi connectivity index (χ1v) is 9.12. The average Bonchev–Trinajstić information content (AvgIpc) is 3.01. The number of ketones is 1. The van der Waals surface area contributed by atoms with Gasteiger partial charge in [0.15, 0.2) is 11.5 Å². The van der Waals surface area contributed by atoms with Crippen molar-refractivity contribution in [3.63, 3.8) is 0 Å². The highest BCUT2D eigenvalue weighted by Crippen LogP contribution is 2.17. The first-order valence-electron chi connectivity index (χ1n) is 9.12. The molecule has 0 aliphatic carbocycles. The molecule has 130 valence electrons. The molecule has 0 saturated heterocycles. The molecule has 1 rings (SSSR count). The third-order valence-electron chi connectivity index (χ3n) is 3.84. The Kier molecular flexibility index (Phi) is 11.0. The highest BCUT2D eigenvalue weighted by atomic mass is 16.6. The molecule has 1 aromatic rings. The third-order valence-corrected chi connectivity index (χ3v) is 3.84. The normalized spacial score (nSPS) is 11.2. The molecule has 0 aliphatic heterocycles. The van der Waals surface area contributed by atoms with Crippen LogP contribution in [0.25, 0.3) is 0 Å². The molecular weight excluding hydrogens is 288 g/mol. The number of rotatable bonds is 14. The minimum Gasteiger partial charge on any atom is -0.465 e. The lowest BCUT2D eigenvalue weighted by atomic mass is 10.1. The second kappa shape index (κ2) is 13.0. The Morgan fingerprint density at radius 2 is 1.65 bits per heavy atom. The van der Waals surface area contributed by atoms with E-state index < -0.39 is 0 Å². The van der Waals surface area contributed by atoms with Crippen LogP contribution in [-0.2, 0) is 0 Å². The van der Waals surface area contributed by atoms with Gasteiger partial charge in [-0.15, -0.1) is 0 Å². The van der Waals surface area contributed by atoms with Crippen molar-refractivity contribution >= 4 is 5.78 Å². The summed E-state index contributed by atoms with van der Waals surface area (Å²) in [6, 6.07) is 3.38. The molecule has 0 spiro atoms. The minimum atomic E-state index is -0.0683. The van der Waals surface area contributed by atoms with E-state index in [0.29, 0.717) is 18.3 Å². The summed E-state index contributed by atoms with van der Waals surface area (Å²) in [5.41, 5.74) is 0. The second-order valence-corrected chi connectivity index (χ2v) is 6.02. The van der Waals surface area contributed by atoms with E-state index >= 15 is 0 Å². The summed E-state index contributed by atoms with van der Waals surface area (Å²) < 4.78 is 10.8. The fourth-order valence-electron chi connectivity index (χ4n) is 2.47. The number of carbonyl (C=O) groups is 1. The van der Waals surface area contributed by atoms with Gasteiger partial charge in [0.1, 0.15) is 0 Å². The van der Waals surface area contributed by atoms with Gasteiger partial charge in [0.25, 0.3) is 5.95 Å². The van der Waals surface area contributed by atoms with E-state index in [1.165, 1.54) is 58.3 Å². The molecule has 23 heavy (non-hydrogen) atoms. The maximum Gasteiger partial charge on any atom is 0.284 e. The molecule has 0 aromatic carbocycles. The van der Waals surface area contributed by atoms with Crippen LogP contribution in [0.3, 0.4) is 0 Å². The zero-order chi connectivity index (χ0) is 16.8. The predicted octanol–water partition coefficient (Wildman–Crippen LogP) is 6.34. The fraction of sp³-hybridized carbons (Fsp3) is 0.650. The zero-order valence-electron chi connectivity index (χ0n) is 14.8. The first kappa shape index (κ1) is 19.5. The Bertz CT molecular complexity index is 445. The van der Waals surface area contributed by atoms with Crippen molar-refractivity contribution < 1.29 is 13.9 Å². The summed E-state index contributed by atoms with van der Waals surface area (Å²) in [6.45, 7) is 4.33. The van der Waals surface area contributed by atoms with Gasteiger partial charge in [-0.05, 0) is 31.7 Å². The molecule has 0 amide bonds. The lowest BCUT2D eigenvalue weighted by Crippen LogP contribution is -1.96. The highest BCUT2D eigenvalue weighted by Gasteiger charge is 2.06. The number of allylic oxidation sites excluding steroid dienone is 2. The van der Waals surface area contributed by atoms with Crippen molar-refractivity contribution in [2.75, 3.05) is 6.61 Å². The van der Waals surface area contributed by atoms with Crippen LogP contribution in [0, 0.1) is 0 Å². The molecule has 0 fully saturated rings. The summed E-state index contributed by atoms with van der Waals surface area (Å²) in [6.07, 6.45) is 17.2. The molecule has 3 nitrogen and oxygen atoms in total. The molecule has 0 bridgehead atoms. The van der Waals surface area contributed by atoms with Crippen LogP contribution in [0.5, 0.6) is 5.95 Å². The fourth-order valence-corrected chi connectivity index (χ4v) is 2.47. The van der Waals surface area contributed by atoms with Gasteiger partial charge in [0.2, 0.25) is 0 Å². The number of unbranched alkanes of at least 4 members (excludes halogenated alkanes) is 8. The zero-order valence-corrected chi connectivity index (χ0v) is 14.8. The van der Waals surface area contributed by atoms with Crippen LogP contribution in [-0.4, -0.2) is 12.4 Å². The molecule has 0 aliphatic rings. The van der Waals surface area contributed by atoms with E-state index in [4.69, 9.17) is 9.15 Å². The lowest BCUT2D eigenvalue weighted by Gasteiger charge is -2.03. The Labute approximate surface area is 141 Å². The Morgan fingerprint density at radius 3 is 2.26 bits per heavy atom. The quantitative estimate of drug-likeness (QED) is 0.228. The van der Waals surface area contributed by atoms with E-state index in [1.54, 1.807) is 12.1 Å². The number of carbonyl (C=O) groups excluding carboxylic acids is 1. The Hall–Kier alpha value is -1.51. The van der Waals surface area contributed by atoms with E-state index in [-0.39, 0.29) is 5.78 Å². The SMILES string of the molecule is CC/C=C\CCCCCCCCCCOc1ccc(C(C)=O)o1. The van der Waals surface area contributed by atoms with Gasteiger partial charge in [-0.3, -0.25) is 4.79 Å². The van der Waals surface area contributed by atoms with Crippen molar-refractivity contribution in [1.82, 2.24) is 0 Å². The van der Waals surface area contributed by atoms with E-state index in [2.05, 4.69) is 19.1 Å². The van der Waals surface area contributed by atoms with Crippen molar-refractivity contribution in [3.8, 4) is 5.95 Å². The maximum absolute atomic E-state index is 11.1. The smallest absolute Gasteiger partial charge is 0.284 e. The van der Waals surface area contributed by atoms with Gasteiger partial charge in [0.05, 0.1) is 6.61 Å². The number of ether oxygens (including phenoxy) is 1. The Morgan fingerprint density at radius 1 is 1.00 bits per heavy atom. The summed E-state index contributed by atoms with van der Waals surface area (Å²) in [4.78, 5) is 11.1. The molecule has 0 atom stereocenters. The van der Waals surface area contributed by atoms with Gasteiger partial charge in [-0.2, -0.15) is 0 Å². The van der Waals surface area contributed by atoms with E-state index in [9.17, 15) is 4.79 Å². The lowest BCUT2D eigenvalue weighted by molar-refractivity contribution is 0.0978. The van der Waals surface area contributed by atoms with Crippen LogP contribution >= 0.6 is 0 Å². The highest BCUT2D eigenvalue weighted by molar-refractivity contribution is 5.91. The molecule has 0 saturated carbocycles. The van der Waals surface area contributed by atoms with E-state index in [0.717, 1.165) is 12.8 Å². The average molecular weight is 320 g/mol. The van der Waals surface area contributed by atoms with Crippen LogP contribution in [0.15, 0.2) is 28.7 Å². The molecule has 0 unspecified atom stereocenters. The van der Waals surface area contributed by atoms with Crippen LogP contribution in [0.2, 0.25) is 0 Å². The monoisotopic (exact) mass is 320 g/mol. The second-order valence-electron chi connectivity index (χ2n) is 6.02. The molecular formula is C20H32O3. The molecule has 3 heteroatoms. The number of Topliss-reactive ketones (excluding diaryl/α,β-unsaturated/α-hetero) is 1. The molecule has 0 radical (unpaired) electrons. The van der Waals surface area contributed by atoms with Gasteiger partial charge in [0, 0.05) is 13.0 Å². The van der Waals surface area contributed by atoms with Crippen molar-refractivity contribution in [2.45, 2.75) is 78.1 Å². The summed E-state index contributed by atoms with van der Waals surface area (Å²) in [7, 11) is 0. The minimum absolute atomic E-state index is 0.0683. The summed E-state index contributed by atoms with van der Waals surface area (Å²) in [5, 5.41) is 0. The number of hydrogen-bond donors (Lipinski definition) is 0. The molecule has 1 heterocycles. The Balaban J connectivity index is 1.86. The topological polar surface area (TPSA) is 39.4 Å². The van der Waals surface area contributed by atoms with Crippen molar-refractivity contribution in [3.05, 3.63) is 30.0 Å². The van der Waals surface area contributed by atoms with Gasteiger partial charge < -0.3 is 9.15 Å². The van der Waals surface area contributed by atoms with Gasteiger partial charge in [-0.25, -0.2) is 0 Å². The maximum atomic E-state index is 11.1. The van der Waals surface area contributed by atoms with Crippen molar-refractivity contribution in [2.24, 2.45) is 0 Å². The largest absolute Gasteiger partial charge is 0.465 e. The van der Waals surface area contributed by atoms with E-state index in [1.807, 2.05) is 0 Å². The van der Waals surface area contributed by atoms with Crippen LogP contribution in [0.4, 0.5) is 0 Å². The van der Waals surface area contributed by atoms with Crippen LogP contribution in [0.1, 0.15) is 88.6 Å². The van der Waals surface area contributed by atoms with Gasteiger partial charge >= 0.3 is 0 Å². The number of furan rings is 1. The summed E-state index contributed by atoms with van der Waals surface area (Å²) >= 11 is 0. The first-order chi connectivity index (χ1) is 11.2. The molecule has 1 aromatic heterocycles. The van der Waals surface area contributed by atoms with Crippen LogP contribution < -0.4 is 4.74 Å². The standard InChI is InChI=1S/C20H32O3/c1-3-4-5-6-7-8-9-10-11-12-13-14-17-22-20-16-15-19(23-20)18(2)21/h4-5,15-16H,3,6-14,17H2,1-2H3/b5-4-. The van der Waals surface area contributed by atoms with Crippen molar-refractivity contribution in [1.29, 1.82) is 0 Å². The van der Waals surface area contributed by atoms with Gasteiger partial charge in [-0.1, -0.05) is 57.6 Å². The number of hydrogen-bond acceptors (Lipinski definition) is 3. The summed E-state index contributed by atoms with van der Waals surface area (Å²) in [5.74, 6) is 0.749. The molecule has 0 N–H and O–H groups in total. The predicted molar refractivity (Wildman–Crippen MR) is 95.2 cm³/mol. The third kappa shape index (κ3) is 9.98.